The average Bonchev–Trinajstić information content (AvgIpc) is 2.61. The second-order valence-corrected chi connectivity index (χ2v) is 7.19. The third-order valence-corrected chi connectivity index (χ3v) is 4.95. The highest BCUT2D eigenvalue weighted by atomic mass is 79.9. The Bertz CT molecular complexity index is 944. The van der Waals surface area contributed by atoms with Crippen molar-refractivity contribution >= 4 is 32.7 Å². The number of nitrogens with zero attached hydrogens (tertiary/aromatic N) is 2. The first-order valence-electron chi connectivity index (χ1n) is 8.45. The molecule has 2 aromatic carbocycles. The molecular formula is C20H22BrN3O2. The van der Waals surface area contributed by atoms with Crippen LogP contribution < -0.4 is 10.1 Å². The van der Waals surface area contributed by atoms with E-state index in [-0.39, 0.29) is 6.04 Å². The van der Waals surface area contributed by atoms with Crippen LogP contribution in [0.25, 0.3) is 10.9 Å². The third kappa shape index (κ3) is 3.81. The van der Waals surface area contributed by atoms with Crippen LogP contribution in [0.1, 0.15) is 42.9 Å². The molecule has 5 nitrogen and oxygen atoms in total. The van der Waals surface area contributed by atoms with Crippen molar-refractivity contribution in [3.63, 3.8) is 0 Å². The molecule has 0 saturated heterocycles. The van der Waals surface area contributed by atoms with Gasteiger partial charge in [0.1, 0.15) is 17.4 Å². The van der Waals surface area contributed by atoms with Gasteiger partial charge in [-0.15, -0.1) is 0 Å². The molecule has 0 aliphatic carbocycles. The Labute approximate surface area is 161 Å². The molecule has 0 bridgehead atoms. The smallest absolute Gasteiger partial charge is 0.138 e. The van der Waals surface area contributed by atoms with Gasteiger partial charge in [0.2, 0.25) is 0 Å². The van der Waals surface area contributed by atoms with Crippen LogP contribution in [0.3, 0.4) is 0 Å². The zero-order chi connectivity index (χ0) is 18.8. The van der Waals surface area contributed by atoms with Crippen LogP contribution >= 0.6 is 15.9 Å². The van der Waals surface area contributed by atoms with Gasteiger partial charge in [-0.2, -0.15) is 0 Å². The minimum Gasteiger partial charge on any atom is -0.495 e. The van der Waals surface area contributed by atoms with Gasteiger partial charge in [0.25, 0.3) is 0 Å². The number of anilines is 1. The van der Waals surface area contributed by atoms with Gasteiger partial charge in [-0.3, -0.25) is 0 Å². The number of ether oxygens (including phenoxy) is 1. The van der Waals surface area contributed by atoms with Crippen LogP contribution in [-0.2, 0) is 0 Å². The van der Waals surface area contributed by atoms with Gasteiger partial charge in [0, 0.05) is 17.5 Å². The molecule has 0 aliphatic rings. The van der Waals surface area contributed by atoms with E-state index >= 15 is 0 Å². The SMILES string of the molecule is COc1cc2nc(C)nc(N[C@H](C)c3cccc(C(C)O)c3)c2cc1Br. The summed E-state index contributed by atoms with van der Waals surface area (Å²) in [5, 5.41) is 14.2. The van der Waals surface area contributed by atoms with E-state index in [1.165, 1.54) is 0 Å². The summed E-state index contributed by atoms with van der Waals surface area (Å²) >= 11 is 3.53. The fraction of sp³-hybridized carbons (Fsp3) is 0.300. The van der Waals surface area contributed by atoms with Gasteiger partial charge in [0.15, 0.2) is 0 Å². The summed E-state index contributed by atoms with van der Waals surface area (Å²) in [4.78, 5) is 9.11. The quantitative estimate of drug-likeness (QED) is 0.617. The summed E-state index contributed by atoms with van der Waals surface area (Å²) in [6.07, 6.45) is -0.493. The van der Waals surface area contributed by atoms with Crippen LogP contribution in [0.15, 0.2) is 40.9 Å². The Balaban J connectivity index is 2.00. The molecule has 1 heterocycles. The number of hydrogen-bond acceptors (Lipinski definition) is 5. The van der Waals surface area contributed by atoms with Crippen molar-refractivity contribution in [2.24, 2.45) is 0 Å². The number of rotatable bonds is 5. The molecule has 26 heavy (non-hydrogen) atoms. The van der Waals surface area contributed by atoms with Crippen molar-refractivity contribution in [1.82, 2.24) is 9.97 Å². The number of aliphatic hydroxyl groups excluding tert-OH is 1. The Morgan fingerprint density at radius 3 is 2.54 bits per heavy atom. The first kappa shape index (κ1) is 18.6. The van der Waals surface area contributed by atoms with E-state index in [0.29, 0.717) is 5.82 Å². The van der Waals surface area contributed by atoms with E-state index in [1.54, 1.807) is 14.0 Å². The molecule has 3 rings (SSSR count). The Morgan fingerprint density at radius 2 is 1.85 bits per heavy atom. The second kappa shape index (κ2) is 7.60. The molecule has 0 fully saturated rings. The summed E-state index contributed by atoms with van der Waals surface area (Å²) in [5.41, 5.74) is 2.80. The van der Waals surface area contributed by atoms with Crippen LogP contribution in [0, 0.1) is 6.92 Å². The van der Waals surface area contributed by atoms with E-state index in [9.17, 15) is 5.11 Å². The van der Waals surface area contributed by atoms with Gasteiger partial charge in [-0.25, -0.2) is 9.97 Å². The van der Waals surface area contributed by atoms with Crippen LogP contribution in [0.2, 0.25) is 0 Å². The first-order chi connectivity index (χ1) is 12.4. The molecule has 0 radical (unpaired) electrons. The molecule has 0 saturated carbocycles. The molecule has 1 aromatic heterocycles. The van der Waals surface area contributed by atoms with Gasteiger partial charge >= 0.3 is 0 Å². The normalized spacial score (nSPS) is 13.5. The molecule has 0 spiro atoms. The summed E-state index contributed by atoms with van der Waals surface area (Å²) in [7, 11) is 1.64. The van der Waals surface area contributed by atoms with Crippen LogP contribution in [0.4, 0.5) is 5.82 Å². The number of halogens is 1. The van der Waals surface area contributed by atoms with Crippen molar-refractivity contribution < 1.29 is 9.84 Å². The largest absolute Gasteiger partial charge is 0.495 e. The topological polar surface area (TPSA) is 67.3 Å². The fourth-order valence-electron chi connectivity index (χ4n) is 2.89. The average molecular weight is 416 g/mol. The molecular weight excluding hydrogens is 394 g/mol. The van der Waals surface area contributed by atoms with Crippen molar-refractivity contribution in [3.05, 3.63) is 57.8 Å². The summed E-state index contributed by atoms with van der Waals surface area (Å²) in [5.74, 6) is 2.19. The number of nitrogens with one attached hydrogen (secondary N) is 1. The molecule has 2 N–H and O–H groups in total. The van der Waals surface area contributed by atoms with Crippen molar-refractivity contribution in [2.45, 2.75) is 32.9 Å². The minimum absolute atomic E-state index is 0.0204. The number of methoxy groups -OCH3 is 1. The second-order valence-electron chi connectivity index (χ2n) is 6.34. The lowest BCUT2D eigenvalue weighted by atomic mass is 10.0. The lowest BCUT2D eigenvalue weighted by Crippen LogP contribution is -2.10. The predicted molar refractivity (Wildman–Crippen MR) is 108 cm³/mol. The molecule has 136 valence electrons. The Kier molecular flexibility index (Phi) is 5.44. The highest BCUT2D eigenvalue weighted by Crippen LogP contribution is 2.33. The standard InChI is InChI=1S/C20H22BrN3O2/c1-11(14-6-5-7-15(8-14)12(2)25)22-20-16-9-17(21)19(26-4)10-18(16)23-13(3)24-20/h5-12,25H,1-4H3,(H,22,23,24)/t11-,12?/m1/s1. The molecule has 3 aromatic rings. The zero-order valence-electron chi connectivity index (χ0n) is 15.2. The van der Waals surface area contributed by atoms with Gasteiger partial charge in [-0.05, 0) is 53.9 Å². The van der Waals surface area contributed by atoms with Gasteiger partial charge < -0.3 is 15.2 Å². The number of aryl methyl sites for hydroxylation is 1. The maximum atomic E-state index is 9.82. The van der Waals surface area contributed by atoms with Gasteiger partial charge in [0.05, 0.1) is 23.2 Å². The van der Waals surface area contributed by atoms with Crippen molar-refractivity contribution in [3.8, 4) is 5.75 Å². The molecule has 1 unspecified atom stereocenters. The number of aromatic nitrogens is 2. The number of benzene rings is 2. The summed E-state index contributed by atoms with van der Waals surface area (Å²) in [6, 6.07) is 11.8. The maximum absolute atomic E-state index is 9.82. The van der Waals surface area contributed by atoms with E-state index in [4.69, 9.17) is 4.74 Å². The third-order valence-electron chi connectivity index (χ3n) is 4.33. The van der Waals surface area contributed by atoms with E-state index in [1.807, 2.05) is 43.3 Å². The van der Waals surface area contributed by atoms with E-state index < -0.39 is 6.10 Å². The number of fused-ring (bicyclic) bond motifs is 1. The monoisotopic (exact) mass is 415 g/mol. The first-order valence-corrected chi connectivity index (χ1v) is 9.24. The van der Waals surface area contributed by atoms with Crippen molar-refractivity contribution in [1.29, 1.82) is 0 Å². The van der Waals surface area contributed by atoms with E-state index in [2.05, 4.69) is 38.1 Å². The maximum Gasteiger partial charge on any atom is 0.138 e. The molecule has 6 heteroatoms. The summed E-state index contributed by atoms with van der Waals surface area (Å²) < 4.78 is 6.22. The highest BCUT2D eigenvalue weighted by molar-refractivity contribution is 9.10. The fourth-order valence-corrected chi connectivity index (χ4v) is 3.39. The Morgan fingerprint density at radius 1 is 1.12 bits per heavy atom. The summed E-state index contributed by atoms with van der Waals surface area (Å²) in [6.45, 7) is 5.71. The van der Waals surface area contributed by atoms with Crippen LogP contribution in [-0.4, -0.2) is 22.2 Å². The zero-order valence-corrected chi connectivity index (χ0v) is 16.8. The molecule has 2 atom stereocenters. The highest BCUT2D eigenvalue weighted by Gasteiger charge is 2.14. The Hall–Kier alpha value is -2.18. The number of hydrogen-bond donors (Lipinski definition) is 2. The lowest BCUT2D eigenvalue weighted by Gasteiger charge is -2.18. The molecule has 0 aliphatic heterocycles. The molecule has 0 amide bonds. The van der Waals surface area contributed by atoms with Crippen LogP contribution in [0.5, 0.6) is 5.75 Å². The number of aliphatic hydroxyl groups is 1. The predicted octanol–water partition coefficient (Wildman–Crippen LogP) is 4.94. The van der Waals surface area contributed by atoms with E-state index in [0.717, 1.165) is 38.1 Å². The minimum atomic E-state index is -0.493. The lowest BCUT2D eigenvalue weighted by molar-refractivity contribution is 0.199. The van der Waals surface area contributed by atoms with Gasteiger partial charge in [-0.1, -0.05) is 24.3 Å². The van der Waals surface area contributed by atoms with Crippen molar-refractivity contribution in [2.75, 3.05) is 12.4 Å².